The Labute approximate surface area is 148 Å². The van der Waals surface area contributed by atoms with Crippen LogP contribution in [0.4, 0.5) is 4.39 Å². The molecule has 0 bridgehead atoms. The van der Waals surface area contributed by atoms with Crippen LogP contribution in [0.3, 0.4) is 0 Å². The van der Waals surface area contributed by atoms with Gasteiger partial charge in [0.2, 0.25) is 4.96 Å². The molecule has 0 aliphatic carbocycles. The van der Waals surface area contributed by atoms with Crippen LogP contribution in [0.5, 0.6) is 0 Å². The molecule has 24 heavy (non-hydrogen) atoms. The van der Waals surface area contributed by atoms with Gasteiger partial charge in [0.05, 0.1) is 4.53 Å². The Balaban J connectivity index is 1.79. The number of halogens is 2. The number of hydrogen-bond donors (Lipinski definition) is 0. The number of thiazole rings is 1. The molecule has 0 aliphatic heterocycles. The Bertz CT molecular complexity index is 1130. The maximum absolute atomic E-state index is 13.0. The highest BCUT2D eigenvalue weighted by atomic mass is 79.9. The molecule has 0 unspecified atom stereocenters. The number of fused-ring (bicyclic) bond motifs is 1. The maximum atomic E-state index is 13.0. The largest absolute Gasteiger partial charge is 0.291 e. The zero-order valence-electron chi connectivity index (χ0n) is 12.1. The van der Waals surface area contributed by atoms with Crippen molar-refractivity contribution in [3.05, 3.63) is 79.3 Å². The molecule has 2 heterocycles. The number of nitrogens with zero attached hydrogens (tertiary/aromatic N) is 3. The molecule has 2 aromatic heterocycles. The average molecular weight is 402 g/mol. The molecule has 4 rings (SSSR count). The summed E-state index contributed by atoms with van der Waals surface area (Å²) in [6.45, 7) is 0. The Morgan fingerprint density at radius 3 is 2.46 bits per heavy atom. The van der Waals surface area contributed by atoms with Crippen LogP contribution in [0, 0.1) is 5.82 Å². The molecule has 4 nitrogen and oxygen atoms in total. The molecular formula is C17H9BrFN3OS. The van der Waals surface area contributed by atoms with Crippen molar-refractivity contribution < 1.29 is 4.39 Å². The first-order chi connectivity index (χ1) is 11.6. The second-order valence-electron chi connectivity index (χ2n) is 5.10. The second-order valence-corrected chi connectivity index (χ2v) is 7.03. The van der Waals surface area contributed by atoms with Gasteiger partial charge in [-0.05, 0) is 48.0 Å². The van der Waals surface area contributed by atoms with Crippen LogP contribution in [0.25, 0.3) is 22.4 Å². The summed E-state index contributed by atoms with van der Waals surface area (Å²) in [5.74, 6) is 0.0872. The van der Waals surface area contributed by atoms with Gasteiger partial charge in [0.25, 0.3) is 5.56 Å². The molecule has 0 radical (unpaired) electrons. The zero-order valence-corrected chi connectivity index (χ0v) is 14.5. The highest BCUT2D eigenvalue weighted by molar-refractivity contribution is 9.10. The third-order valence-electron chi connectivity index (χ3n) is 3.45. The summed E-state index contributed by atoms with van der Waals surface area (Å²) in [6, 6.07) is 13.5. The lowest BCUT2D eigenvalue weighted by molar-refractivity contribution is 0.628. The minimum absolute atomic E-state index is 0.209. The molecule has 0 saturated carbocycles. The highest BCUT2D eigenvalue weighted by Crippen LogP contribution is 2.17. The molecule has 0 fully saturated rings. The third-order valence-corrected chi connectivity index (χ3v) is 4.94. The van der Waals surface area contributed by atoms with E-state index in [1.54, 1.807) is 12.1 Å². The minimum atomic E-state index is -0.323. The molecule has 118 valence electrons. The molecule has 0 saturated heterocycles. The van der Waals surface area contributed by atoms with Gasteiger partial charge in [0, 0.05) is 10.0 Å². The predicted molar refractivity (Wildman–Crippen MR) is 95.5 cm³/mol. The van der Waals surface area contributed by atoms with Gasteiger partial charge in [0.1, 0.15) is 5.82 Å². The number of rotatable bonds is 2. The molecule has 7 heteroatoms. The smallest absolute Gasteiger partial charge is 0.266 e. The summed E-state index contributed by atoms with van der Waals surface area (Å²) in [7, 11) is 0. The summed E-state index contributed by atoms with van der Waals surface area (Å²) in [4.78, 5) is 17.4. The normalized spacial score (nSPS) is 12.2. The number of aromatic nitrogens is 3. The predicted octanol–water partition coefficient (Wildman–Crippen LogP) is 3.27. The molecule has 0 aliphatic rings. The van der Waals surface area contributed by atoms with Crippen molar-refractivity contribution in [3.8, 4) is 11.4 Å². The van der Waals surface area contributed by atoms with Crippen molar-refractivity contribution in [2.45, 2.75) is 0 Å². The van der Waals surface area contributed by atoms with Gasteiger partial charge >= 0.3 is 0 Å². The molecule has 0 amide bonds. The minimum Gasteiger partial charge on any atom is -0.266 e. The fraction of sp³-hybridized carbons (Fsp3) is 0. The Hall–Kier alpha value is -2.38. The number of hydrogen-bond acceptors (Lipinski definition) is 4. The van der Waals surface area contributed by atoms with Gasteiger partial charge in [-0.3, -0.25) is 4.79 Å². The van der Waals surface area contributed by atoms with Crippen LogP contribution >= 0.6 is 27.3 Å². The van der Waals surface area contributed by atoms with Crippen molar-refractivity contribution in [1.82, 2.24) is 14.6 Å². The lowest BCUT2D eigenvalue weighted by atomic mass is 10.2. The average Bonchev–Trinajstić information content (AvgIpc) is 3.11. The van der Waals surface area contributed by atoms with E-state index in [0.29, 0.717) is 20.9 Å². The van der Waals surface area contributed by atoms with Crippen molar-refractivity contribution >= 4 is 38.3 Å². The van der Waals surface area contributed by atoms with Crippen LogP contribution in [0.15, 0.2) is 57.8 Å². The SMILES string of the molecule is O=c1/c(=C\c2ccc(Br)cc2)sc2nc(-c3ccc(F)cc3)nn12. The van der Waals surface area contributed by atoms with Gasteiger partial charge in [0.15, 0.2) is 5.82 Å². The van der Waals surface area contributed by atoms with Crippen LogP contribution in [0.2, 0.25) is 0 Å². The summed E-state index contributed by atoms with van der Waals surface area (Å²) < 4.78 is 15.8. The van der Waals surface area contributed by atoms with E-state index in [1.807, 2.05) is 30.3 Å². The van der Waals surface area contributed by atoms with E-state index in [1.165, 1.54) is 28.0 Å². The van der Waals surface area contributed by atoms with Gasteiger partial charge in [-0.2, -0.15) is 9.50 Å². The van der Waals surface area contributed by atoms with Crippen molar-refractivity contribution in [1.29, 1.82) is 0 Å². The van der Waals surface area contributed by atoms with E-state index >= 15 is 0 Å². The van der Waals surface area contributed by atoms with Gasteiger partial charge < -0.3 is 0 Å². The molecule has 0 spiro atoms. The van der Waals surface area contributed by atoms with E-state index in [-0.39, 0.29) is 11.4 Å². The first-order valence-corrected chi connectivity index (χ1v) is 8.64. The summed E-state index contributed by atoms with van der Waals surface area (Å²) >= 11 is 4.66. The summed E-state index contributed by atoms with van der Waals surface area (Å²) in [5.41, 5.74) is 1.39. The fourth-order valence-electron chi connectivity index (χ4n) is 2.27. The van der Waals surface area contributed by atoms with E-state index in [2.05, 4.69) is 26.0 Å². The Morgan fingerprint density at radius 1 is 1.08 bits per heavy atom. The molecular weight excluding hydrogens is 393 g/mol. The quantitative estimate of drug-likeness (QED) is 0.517. The first-order valence-electron chi connectivity index (χ1n) is 7.03. The van der Waals surface area contributed by atoms with Crippen LogP contribution in [0.1, 0.15) is 5.56 Å². The van der Waals surface area contributed by atoms with Gasteiger partial charge in [-0.15, -0.1) is 5.10 Å². The highest BCUT2D eigenvalue weighted by Gasteiger charge is 2.11. The zero-order chi connectivity index (χ0) is 16.7. The van der Waals surface area contributed by atoms with Crippen molar-refractivity contribution in [2.75, 3.05) is 0 Å². The van der Waals surface area contributed by atoms with E-state index in [9.17, 15) is 9.18 Å². The molecule has 0 N–H and O–H groups in total. The monoisotopic (exact) mass is 401 g/mol. The van der Waals surface area contributed by atoms with E-state index in [0.717, 1.165) is 10.0 Å². The molecule has 4 aromatic rings. The molecule has 0 atom stereocenters. The summed E-state index contributed by atoms with van der Waals surface area (Å²) in [6.07, 6.45) is 1.81. The van der Waals surface area contributed by atoms with Gasteiger partial charge in [-0.25, -0.2) is 4.39 Å². The number of benzene rings is 2. The van der Waals surface area contributed by atoms with Crippen LogP contribution in [-0.2, 0) is 0 Å². The Kier molecular flexibility index (Phi) is 3.74. The van der Waals surface area contributed by atoms with Crippen molar-refractivity contribution in [3.63, 3.8) is 0 Å². The van der Waals surface area contributed by atoms with Crippen molar-refractivity contribution in [2.24, 2.45) is 0 Å². The van der Waals surface area contributed by atoms with Gasteiger partial charge in [-0.1, -0.05) is 39.4 Å². The van der Waals surface area contributed by atoms with Crippen LogP contribution in [-0.4, -0.2) is 14.6 Å². The maximum Gasteiger partial charge on any atom is 0.291 e. The third kappa shape index (κ3) is 2.76. The van der Waals surface area contributed by atoms with Crippen LogP contribution < -0.4 is 10.1 Å². The summed E-state index contributed by atoms with van der Waals surface area (Å²) in [5, 5.41) is 4.24. The van der Waals surface area contributed by atoms with E-state index in [4.69, 9.17) is 0 Å². The Morgan fingerprint density at radius 2 is 1.79 bits per heavy atom. The lowest BCUT2D eigenvalue weighted by Crippen LogP contribution is -2.23. The second kappa shape index (κ2) is 5.92. The van der Waals surface area contributed by atoms with E-state index < -0.39 is 0 Å². The fourth-order valence-corrected chi connectivity index (χ4v) is 3.44. The standard InChI is InChI=1S/C17H9BrFN3OS/c18-12-5-1-10(2-6-12)9-14-16(23)22-17(24-14)20-15(21-22)11-3-7-13(19)8-4-11/h1-9H/b14-9+. The molecule has 2 aromatic carbocycles. The lowest BCUT2D eigenvalue weighted by Gasteiger charge is -1.93. The topological polar surface area (TPSA) is 47.3 Å². The first kappa shape index (κ1) is 15.2.